The minimum absolute atomic E-state index is 0.503. The molecule has 0 saturated heterocycles. The molecule has 0 spiro atoms. The molecule has 0 aliphatic heterocycles. The van der Waals surface area contributed by atoms with Crippen molar-refractivity contribution in [3.63, 3.8) is 0 Å². The molecule has 1 aromatic heterocycles. The van der Waals surface area contributed by atoms with Gasteiger partial charge in [-0.2, -0.15) is 0 Å². The summed E-state index contributed by atoms with van der Waals surface area (Å²) in [7, 11) is 0. The average molecular weight is 333 g/mol. The SMILES string of the molecule is Cc1ncc[c]([RaH])c1C. The summed E-state index contributed by atoms with van der Waals surface area (Å²) >= 11 is 0.503. The van der Waals surface area contributed by atoms with Crippen molar-refractivity contribution >= 4 is 0.604 Å². The third-order valence-electron chi connectivity index (χ3n) is 1.73. The predicted octanol–water partition coefficient (Wildman–Crippen LogP) is 0.605. The predicted molar refractivity (Wildman–Crippen MR) is 34.7 cm³/mol. The van der Waals surface area contributed by atoms with Gasteiger partial charge in [0.05, 0.1) is 0 Å². The van der Waals surface area contributed by atoms with E-state index < -0.39 is 0 Å². The van der Waals surface area contributed by atoms with Crippen LogP contribution in [0.25, 0.3) is 0 Å². The molecule has 0 amide bonds. The van der Waals surface area contributed by atoms with Crippen molar-refractivity contribution in [3.05, 3.63) is 23.5 Å². The van der Waals surface area contributed by atoms with Crippen molar-refractivity contribution in [2.24, 2.45) is 0 Å². The Balaban J connectivity index is 3.25. The zero-order valence-corrected chi connectivity index (χ0v) is 14.3. The molecular formula is C7H9NRa. The Morgan fingerprint density at radius 3 is 2.56 bits per heavy atom. The summed E-state index contributed by atoms with van der Waals surface area (Å²) < 4.78 is 1.55. The van der Waals surface area contributed by atoms with Crippen LogP contribution in [0, 0.1) is 56.6 Å². The van der Waals surface area contributed by atoms with E-state index in [-0.39, 0.29) is 0 Å². The second-order valence-corrected chi connectivity index (χ2v) is 6.77. The van der Waals surface area contributed by atoms with Crippen LogP contribution in [0.1, 0.15) is 11.3 Å². The normalized spacial score (nSPS) is 9.44. The fourth-order valence-electron chi connectivity index (χ4n) is 0.768. The summed E-state index contributed by atoms with van der Waals surface area (Å²) in [6.45, 7) is 4.22. The molecule has 0 N–H and O–H groups in total. The van der Waals surface area contributed by atoms with Gasteiger partial charge in [-0.05, 0) is 0 Å². The van der Waals surface area contributed by atoms with Gasteiger partial charge in [0.15, 0.2) is 0 Å². The molecule has 1 rings (SSSR count). The summed E-state index contributed by atoms with van der Waals surface area (Å²) in [5, 5.41) is 0. The Morgan fingerprint density at radius 1 is 1.44 bits per heavy atom. The number of rotatable bonds is 0. The Bertz CT molecular complexity index is 200. The summed E-state index contributed by atoms with van der Waals surface area (Å²) in [6, 6.07) is 2.13. The summed E-state index contributed by atoms with van der Waals surface area (Å²) in [5.41, 5.74) is 2.60. The molecule has 0 aliphatic carbocycles. The quantitative estimate of drug-likeness (QED) is 0.678. The van der Waals surface area contributed by atoms with Crippen molar-refractivity contribution in [3.8, 4) is 0 Å². The molecule has 1 heterocycles. The molecule has 0 bridgehead atoms. The van der Waals surface area contributed by atoms with Gasteiger partial charge in [-0.3, -0.25) is 0 Å². The van der Waals surface area contributed by atoms with Gasteiger partial charge in [0, 0.05) is 0 Å². The van der Waals surface area contributed by atoms with Gasteiger partial charge < -0.3 is 0 Å². The van der Waals surface area contributed by atoms with E-state index in [0.717, 1.165) is 0 Å². The van der Waals surface area contributed by atoms with Gasteiger partial charge in [-0.1, -0.05) is 0 Å². The molecular weight excluding hydrogens is 324 g/mol. The second-order valence-electron chi connectivity index (χ2n) is 2.34. The monoisotopic (exact) mass is 333 g/mol. The molecule has 0 radical (unpaired) electrons. The first kappa shape index (κ1) is 7.72. The summed E-state index contributed by atoms with van der Waals surface area (Å²) in [4.78, 5) is 4.18. The summed E-state index contributed by atoms with van der Waals surface area (Å²) in [6.07, 6.45) is 1.90. The molecule has 0 saturated carbocycles. The van der Waals surface area contributed by atoms with Crippen molar-refractivity contribution < 1.29 is 42.8 Å². The Hall–Kier alpha value is 0.618. The molecule has 0 aromatic carbocycles. The number of hydrogen-bond donors (Lipinski definition) is 0. The van der Waals surface area contributed by atoms with Crippen LogP contribution in [-0.2, 0) is 0 Å². The third kappa shape index (κ3) is 1.77. The van der Waals surface area contributed by atoms with Crippen LogP contribution in [0.2, 0.25) is 0 Å². The molecule has 0 atom stereocenters. The van der Waals surface area contributed by atoms with Crippen molar-refractivity contribution in [1.82, 2.24) is 4.98 Å². The first-order chi connectivity index (χ1) is 4.22. The molecule has 1 nitrogen and oxygen atoms in total. The van der Waals surface area contributed by atoms with E-state index in [4.69, 9.17) is 0 Å². The van der Waals surface area contributed by atoms with Crippen LogP contribution in [0.3, 0.4) is 0 Å². The van der Waals surface area contributed by atoms with E-state index in [9.17, 15) is 0 Å². The maximum absolute atomic E-state index is 4.18. The van der Waals surface area contributed by atoms with Gasteiger partial charge in [0.25, 0.3) is 0 Å². The van der Waals surface area contributed by atoms with E-state index in [1.807, 2.05) is 6.20 Å². The fourth-order valence-corrected chi connectivity index (χ4v) is 2.87. The van der Waals surface area contributed by atoms with Crippen LogP contribution >= 0.6 is 0 Å². The van der Waals surface area contributed by atoms with Gasteiger partial charge in [0.1, 0.15) is 0 Å². The maximum atomic E-state index is 4.18. The van der Waals surface area contributed by atoms with Crippen molar-refractivity contribution in [2.45, 2.75) is 13.8 Å². The fraction of sp³-hybridized carbons (Fsp3) is 0.286. The van der Waals surface area contributed by atoms with Crippen LogP contribution in [0.15, 0.2) is 12.3 Å². The molecule has 2 heteroatoms. The number of aryl methyl sites for hydroxylation is 1. The summed E-state index contributed by atoms with van der Waals surface area (Å²) in [5.74, 6) is 0. The van der Waals surface area contributed by atoms with Crippen LogP contribution < -0.4 is 0.604 Å². The first-order valence-corrected chi connectivity index (χ1v) is 7.21. The first-order valence-electron chi connectivity index (χ1n) is 3.10. The molecule has 9 heavy (non-hydrogen) atoms. The van der Waals surface area contributed by atoms with Gasteiger partial charge in [-0.15, -0.1) is 0 Å². The van der Waals surface area contributed by atoms with E-state index in [1.165, 1.54) is 11.3 Å². The standard InChI is InChI=1S/C7H8N.Ra.H/c1-6-4-3-5-8-7(6)2;;/h3,5H,1-2H3;;. The van der Waals surface area contributed by atoms with Gasteiger partial charge in [0.2, 0.25) is 0 Å². The van der Waals surface area contributed by atoms with Crippen molar-refractivity contribution in [2.75, 3.05) is 0 Å². The average Bonchev–Trinajstić information content (AvgIpc) is 1.83. The molecule has 1 aromatic rings. The molecule has 0 aliphatic rings. The van der Waals surface area contributed by atoms with Crippen LogP contribution in [-0.4, -0.2) is 4.98 Å². The Morgan fingerprint density at radius 2 is 2.11 bits per heavy atom. The third-order valence-corrected chi connectivity index (χ3v) is 6.18. The van der Waals surface area contributed by atoms with Gasteiger partial charge in [-0.25, -0.2) is 0 Å². The topological polar surface area (TPSA) is 12.9 Å². The van der Waals surface area contributed by atoms with E-state index >= 15 is 0 Å². The van der Waals surface area contributed by atoms with E-state index in [0.29, 0.717) is 42.8 Å². The molecule has 44 valence electrons. The number of pyridine rings is 1. The van der Waals surface area contributed by atoms with Gasteiger partial charge >= 0.3 is 85.7 Å². The van der Waals surface area contributed by atoms with Crippen molar-refractivity contribution in [1.29, 1.82) is 0 Å². The zero-order chi connectivity index (χ0) is 6.85. The van der Waals surface area contributed by atoms with E-state index in [2.05, 4.69) is 24.9 Å². The Labute approximate surface area is 84.6 Å². The van der Waals surface area contributed by atoms with Crippen LogP contribution in [0.4, 0.5) is 0 Å². The molecule has 0 fully saturated rings. The van der Waals surface area contributed by atoms with Crippen LogP contribution in [0.5, 0.6) is 0 Å². The number of hydrogen-bond acceptors (Lipinski definition) is 1. The molecule has 0 unspecified atom stereocenters. The second kappa shape index (κ2) is 3.14. The van der Waals surface area contributed by atoms with E-state index in [1.54, 1.807) is 0.604 Å². The zero-order valence-electron chi connectivity index (χ0n) is 6.10. The Kier molecular flexibility index (Phi) is 2.69. The number of aromatic nitrogens is 1. The minimum atomic E-state index is 0.503. The number of nitrogens with zero attached hydrogens (tertiary/aromatic N) is 1.